The molecule has 1 aliphatic rings. The summed E-state index contributed by atoms with van der Waals surface area (Å²) >= 11 is 0. The summed E-state index contributed by atoms with van der Waals surface area (Å²) in [6, 6.07) is 9.50. The average Bonchev–Trinajstić information content (AvgIpc) is 2.68. The number of anilines is 2. The van der Waals surface area contributed by atoms with Gasteiger partial charge < -0.3 is 10.2 Å². The van der Waals surface area contributed by atoms with Crippen molar-refractivity contribution in [2.24, 2.45) is 0 Å². The molecule has 27 heavy (non-hydrogen) atoms. The van der Waals surface area contributed by atoms with Crippen molar-refractivity contribution in [2.75, 3.05) is 23.3 Å². The summed E-state index contributed by atoms with van der Waals surface area (Å²) in [7, 11) is 0. The zero-order valence-corrected chi connectivity index (χ0v) is 14.9. The van der Waals surface area contributed by atoms with E-state index in [0.717, 1.165) is 42.8 Å². The SMILES string of the molecule is Cc1cc(NC2CCN(c3nc(C(F)F)nc4ccccc34)CC2)ncn1. The Balaban J connectivity index is 1.52. The second-order valence-electron chi connectivity index (χ2n) is 6.67. The molecule has 0 unspecified atom stereocenters. The van der Waals surface area contributed by atoms with E-state index >= 15 is 0 Å². The monoisotopic (exact) mass is 370 g/mol. The van der Waals surface area contributed by atoms with E-state index in [1.807, 2.05) is 25.1 Å². The zero-order chi connectivity index (χ0) is 18.8. The first-order chi connectivity index (χ1) is 13.1. The fourth-order valence-electron chi connectivity index (χ4n) is 3.39. The van der Waals surface area contributed by atoms with Crippen LogP contribution in [0, 0.1) is 6.92 Å². The number of rotatable bonds is 4. The molecule has 0 aliphatic carbocycles. The third-order valence-corrected chi connectivity index (χ3v) is 4.75. The van der Waals surface area contributed by atoms with Crippen molar-refractivity contribution in [1.82, 2.24) is 19.9 Å². The number of para-hydroxylation sites is 1. The van der Waals surface area contributed by atoms with Crippen LogP contribution in [0.1, 0.15) is 30.8 Å². The van der Waals surface area contributed by atoms with Crippen molar-refractivity contribution in [2.45, 2.75) is 32.2 Å². The highest BCUT2D eigenvalue weighted by molar-refractivity contribution is 5.89. The summed E-state index contributed by atoms with van der Waals surface area (Å²) in [5.74, 6) is 0.987. The van der Waals surface area contributed by atoms with Crippen molar-refractivity contribution >= 4 is 22.5 Å². The van der Waals surface area contributed by atoms with Gasteiger partial charge in [0, 0.05) is 36.3 Å². The third kappa shape index (κ3) is 3.79. The van der Waals surface area contributed by atoms with Crippen LogP contribution in [0.25, 0.3) is 10.9 Å². The van der Waals surface area contributed by atoms with E-state index in [1.165, 1.54) is 0 Å². The van der Waals surface area contributed by atoms with Gasteiger partial charge in [-0.2, -0.15) is 0 Å². The normalized spacial score (nSPS) is 15.5. The van der Waals surface area contributed by atoms with Gasteiger partial charge in [0.05, 0.1) is 5.52 Å². The molecule has 1 N–H and O–H groups in total. The van der Waals surface area contributed by atoms with Gasteiger partial charge in [-0.3, -0.25) is 0 Å². The van der Waals surface area contributed by atoms with E-state index in [2.05, 4.69) is 30.2 Å². The number of fused-ring (bicyclic) bond motifs is 1. The fourth-order valence-corrected chi connectivity index (χ4v) is 3.39. The van der Waals surface area contributed by atoms with Gasteiger partial charge in [-0.15, -0.1) is 0 Å². The number of alkyl halides is 2. The number of aryl methyl sites for hydroxylation is 1. The summed E-state index contributed by atoms with van der Waals surface area (Å²) in [5.41, 5.74) is 1.46. The maximum absolute atomic E-state index is 13.2. The Kier molecular flexibility index (Phi) is 4.79. The highest BCUT2D eigenvalue weighted by atomic mass is 19.3. The van der Waals surface area contributed by atoms with Crippen molar-refractivity contribution in [3.05, 3.63) is 48.2 Å². The van der Waals surface area contributed by atoms with E-state index in [0.29, 0.717) is 11.3 Å². The number of piperidine rings is 1. The molecule has 1 fully saturated rings. The van der Waals surface area contributed by atoms with Crippen molar-refractivity contribution in [3.63, 3.8) is 0 Å². The van der Waals surface area contributed by atoms with Gasteiger partial charge in [-0.1, -0.05) is 12.1 Å². The number of benzene rings is 1. The highest BCUT2D eigenvalue weighted by Gasteiger charge is 2.24. The predicted octanol–water partition coefficient (Wildman–Crippen LogP) is 3.75. The number of aromatic nitrogens is 4. The first-order valence-corrected chi connectivity index (χ1v) is 8.95. The Hall–Kier alpha value is -2.90. The van der Waals surface area contributed by atoms with Crippen LogP contribution in [0.4, 0.5) is 20.4 Å². The molecule has 6 nitrogen and oxygen atoms in total. The Bertz CT molecular complexity index is 940. The Morgan fingerprint density at radius 1 is 1.11 bits per heavy atom. The molecule has 140 valence electrons. The summed E-state index contributed by atoms with van der Waals surface area (Å²) in [6.07, 6.45) is 0.594. The van der Waals surface area contributed by atoms with E-state index in [-0.39, 0.29) is 6.04 Å². The first kappa shape index (κ1) is 17.5. The van der Waals surface area contributed by atoms with Crippen LogP contribution in [-0.2, 0) is 0 Å². The number of hydrogen-bond acceptors (Lipinski definition) is 6. The van der Waals surface area contributed by atoms with E-state index in [9.17, 15) is 8.78 Å². The van der Waals surface area contributed by atoms with Gasteiger partial charge in [0.25, 0.3) is 6.43 Å². The molecule has 8 heteroatoms. The smallest absolute Gasteiger partial charge is 0.297 e. The lowest BCUT2D eigenvalue weighted by Crippen LogP contribution is -2.40. The summed E-state index contributed by atoms with van der Waals surface area (Å²) < 4.78 is 26.4. The molecule has 2 aromatic heterocycles. The van der Waals surface area contributed by atoms with Crippen LogP contribution in [-0.4, -0.2) is 39.1 Å². The molecule has 1 aromatic carbocycles. The minimum Gasteiger partial charge on any atom is -0.367 e. The van der Waals surface area contributed by atoms with Gasteiger partial charge in [0.1, 0.15) is 18.0 Å². The third-order valence-electron chi connectivity index (χ3n) is 4.75. The topological polar surface area (TPSA) is 66.8 Å². The highest BCUT2D eigenvalue weighted by Crippen LogP contribution is 2.29. The van der Waals surface area contributed by atoms with Crippen LogP contribution in [0.15, 0.2) is 36.7 Å². The molecule has 0 saturated carbocycles. The molecule has 0 amide bonds. The first-order valence-electron chi connectivity index (χ1n) is 8.95. The zero-order valence-electron chi connectivity index (χ0n) is 14.9. The molecule has 0 radical (unpaired) electrons. The van der Waals surface area contributed by atoms with Crippen molar-refractivity contribution < 1.29 is 8.78 Å². The Labute approximate surface area is 155 Å². The summed E-state index contributed by atoms with van der Waals surface area (Å²) in [4.78, 5) is 18.6. The minimum absolute atomic E-state index is 0.276. The second-order valence-corrected chi connectivity index (χ2v) is 6.67. The van der Waals surface area contributed by atoms with E-state index in [1.54, 1.807) is 18.5 Å². The lowest BCUT2D eigenvalue weighted by Gasteiger charge is -2.34. The molecule has 0 spiro atoms. The molecule has 4 rings (SSSR count). The second kappa shape index (κ2) is 7.38. The number of hydrogen-bond donors (Lipinski definition) is 1. The fraction of sp³-hybridized carbons (Fsp3) is 0.368. The molecular formula is C19H20F2N6. The van der Waals surface area contributed by atoms with Gasteiger partial charge >= 0.3 is 0 Å². The maximum atomic E-state index is 13.2. The molecular weight excluding hydrogens is 350 g/mol. The lowest BCUT2D eigenvalue weighted by atomic mass is 10.0. The Morgan fingerprint density at radius 3 is 2.63 bits per heavy atom. The lowest BCUT2D eigenvalue weighted by molar-refractivity contribution is 0.141. The van der Waals surface area contributed by atoms with Crippen LogP contribution in [0.5, 0.6) is 0 Å². The van der Waals surface area contributed by atoms with Crippen molar-refractivity contribution in [1.29, 1.82) is 0 Å². The summed E-state index contributed by atoms with van der Waals surface area (Å²) in [6.45, 7) is 3.38. The van der Waals surface area contributed by atoms with E-state index in [4.69, 9.17) is 0 Å². The van der Waals surface area contributed by atoms with Gasteiger partial charge in [0.2, 0.25) is 0 Å². The van der Waals surface area contributed by atoms with Gasteiger partial charge in [-0.05, 0) is 31.9 Å². The maximum Gasteiger partial charge on any atom is 0.297 e. The van der Waals surface area contributed by atoms with Crippen LogP contribution in [0.2, 0.25) is 0 Å². The minimum atomic E-state index is -2.69. The van der Waals surface area contributed by atoms with Crippen LogP contribution in [0.3, 0.4) is 0 Å². The van der Waals surface area contributed by atoms with Crippen molar-refractivity contribution in [3.8, 4) is 0 Å². The predicted molar refractivity (Wildman–Crippen MR) is 100 cm³/mol. The average molecular weight is 370 g/mol. The number of nitrogens with one attached hydrogen (secondary N) is 1. The number of nitrogens with zero attached hydrogens (tertiary/aromatic N) is 5. The largest absolute Gasteiger partial charge is 0.367 e. The molecule has 1 saturated heterocycles. The molecule has 0 atom stereocenters. The standard InChI is InChI=1S/C19H20F2N6/c1-12-10-16(23-11-22-12)24-13-6-8-27(9-7-13)19-14-4-2-3-5-15(14)25-18(26-19)17(20)21/h2-5,10-11,13,17H,6-9H2,1H3,(H,22,23,24). The van der Waals surface area contributed by atoms with Crippen LogP contribution >= 0.6 is 0 Å². The number of halogens is 2. The van der Waals surface area contributed by atoms with E-state index < -0.39 is 12.2 Å². The molecule has 3 aromatic rings. The Morgan fingerprint density at radius 2 is 1.89 bits per heavy atom. The van der Waals surface area contributed by atoms with Gasteiger partial charge in [0.15, 0.2) is 5.82 Å². The summed E-state index contributed by atoms with van der Waals surface area (Å²) in [5, 5.41) is 4.24. The molecule has 3 heterocycles. The van der Waals surface area contributed by atoms with Crippen LogP contribution < -0.4 is 10.2 Å². The van der Waals surface area contributed by atoms with Gasteiger partial charge in [-0.25, -0.2) is 28.7 Å². The molecule has 1 aliphatic heterocycles. The molecule has 0 bridgehead atoms. The quantitative estimate of drug-likeness (QED) is 0.755.